The zero-order valence-electron chi connectivity index (χ0n) is 11.2. The summed E-state index contributed by atoms with van der Waals surface area (Å²) < 4.78 is 19.2. The lowest BCUT2D eigenvalue weighted by atomic mass is 9.88. The summed E-state index contributed by atoms with van der Waals surface area (Å²) in [5, 5.41) is 11.1. The molecule has 20 heavy (non-hydrogen) atoms. The molecule has 1 atom stereocenters. The highest BCUT2D eigenvalue weighted by Gasteiger charge is 2.31. The number of ether oxygens (including phenoxy) is 1. The van der Waals surface area contributed by atoms with E-state index in [0.29, 0.717) is 16.3 Å². The minimum absolute atomic E-state index is 0.121. The third kappa shape index (κ3) is 2.92. The Morgan fingerprint density at radius 1 is 1.40 bits per heavy atom. The first kappa shape index (κ1) is 14.8. The summed E-state index contributed by atoms with van der Waals surface area (Å²) in [6.45, 7) is 1.53. The van der Waals surface area contributed by atoms with Crippen molar-refractivity contribution in [2.45, 2.75) is 18.9 Å². The van der Waals surface area contributed by atoms with Crippen LogP contribution in [0.5, 0.6) is 5.75 Å². The van der Waals surface area contributed by atoms with Crippen LogP contribution in [-0.4, -0.2) is 17.2 Å². The molecular formula is C15H15ClFNO2. The summed E-state index contributed by atoms with van der Waals surface area (Å²) in [5.74, 6) is -0.209. The van der Waals surface area contributed by atoms with Crippen LogP contribution in [0.2, 0.25) is 5.02 Å². The number of halogens is 2. The third-order valence-corrected chi connectivity index (χ3v) is 3.47. The van der Waals surface area contributed by atoms with Crippen molar-refractivity contribution < 1.29 is 14.2 Å². The van der Waals surface area contributed by atoms with Gasteiger partial charge in [-0.3, -0.25) is 4.98 Å². The average Bonchev–Trinajstić information content (AvgIpc) is 2.40. The zero-order chi connectivity index (χ0) is 14.8. The molecule has 1 N–H and O–H groups in total. The summed E-state index contributed by atoms with van der Waals surface area (Å²) in [4.78, 5) is 3.89. The maximum absolute atomic E-state index is 14.1. The van der Waals surface area contributed by atoms with Crippen LogP contribution in [0.25, 0.3) is 0 Å². The van der Waals surface area contributed by atoms with Gasteiger partial charge in [-0.05, 0) is 30.7 Å². The van der Waals surface area contributed by atoms with Gasteiger partial charge >= 0.3 is 0 Å². The van der Waals surface area contributed by atoms with E-state index in [-0.39, 0.29) is 12.0 Å². The number of pyridine rings is 1. The van der Waals surface area contributed by atoms with Crippen molar-refractivity contribution in [2.24, 2.45) is 0 Å². The molecule has 0 spiro atoms. The highest BCUT2D eigenvalue weighted by molar-refractivity contribution is 6.31. The predicted molar refractivity (Wildman–Crippen MR) is 75.5 cm³/mol. The third-order valence-electron chi connectivity index (χ3n) is 3.12. The molecule has 1 heterocycles. The standard InChI is InChI=1S/C15H15ClFNO2/c1-15(19,8-10-6-7-18-9-11(10)16)14-12(17)4-3-5-13(14)20-2/h3-7,9,19H,8H2,1-2H3. The van der Waals surface area contributed by atoms with Crippen molar-refractivity contribution in [3.63, 3.8) is 0 Å². The van der Waals surface area contributed by atoms with Crippen LogP contribution in [-0.2, 0) is 12.0 Å². The number of aliphatic hydroxyl groups is 1. The zero-order valence-corrected chi connectivity index (χ0v) is 12.0. The van der Waals surface area contributed by atoms with Gasteiger partial charge in [-0.2, -0.15) is 0 Å². The van der Waals surface area contributed by atoms with Crippen LogP contribution in [0.4, 0.5) is 4.39 Å². The van der Waals surface area contributed by atoms with Crippen molar-refractivity contribution >= 4 is 11.6 Å². The van der Waals surface area contributed by atoms with E-state index in [1.54, 1.807) is 18.3 Å². The molecule has 3 nitrogen and oxygen atoms in total. The van der Waals surface area contributed by atoms with Crippen molar-refractivity contribution in [2.75, 3.05) is 7.11 Å². The highest BCUT2D eigenvalue weighted by Crippen LogP contribution is 2.35. The van der Waals surface area contributed by atoms with E-state index in [0.717, 1.165) is 0 Å². The lowest BCUT2D eigenvalue weighted by Gasteiger charge is -2.26. The van der Waals surface area contributed by atoms with E-state index < -0.39 is 11.4 Å². The van der Waals surface area contributed by atoms with Gasteiger partial charge in [-0.1, -0.05) is 17.7 Å². The van der Waals surface area contributed by atoms with E-state index in [1.807, 2.05) is 0 Å². The molecule has 1 aromatic heterocycles. The Labute approximate surface area is 122 Å². The van der Waals surface area contributed by atoms with Gasteiger partial charge in [0, 0.05) is 18.8 Å². The smallest absolute Gasteiger partial charge is 0.133 e. The minimum Gasteiger partial charge on any atom is -0.496 e. The lowest BCUT2D eigenvalue weighted by Crippen LogP contribution is -2.26. The van der Waals surface area contributed by atoms with Crippen LogP contribution >= 0.6 is 11.6 Å². The second-order valence-corrected chi connectivity index (χ2v) is 5.14. The van der Waals surface area contributed by atoms with Gasteiger partial charge in [0.15, 0.2) is 0 Å². The molecule has 0 aliphatic heterocycles. The Morgan fingerprint density at radius 3 is 2.80 bits per heavy atom. The maximum atomic E-state index is 14.1. The van der Waals surface area contributed by atoms with Crippen molar-refractivity contribution in [1.29, 1.82) is 0 Å². The number of nitrogens with zero attached hydrogens (tertiary/aromatic N) is 1. The van der Waals surface area contributed by atoms with Crippen LogP contribution in [0, 0.1) is 5.82 Å². The Hall–Kier alpha value is -1.65. The first-order valence-corrected chi connectivity index (χ1v) is 6.47. The number of hydrogen-bond donors (Lipinski definition) is 1. The molecule has 106 valence electrons. The highest BCUT2D eigenvalue weighted by atomic mass is 35.5. The molecule has 2 rings (SSSR count). The SMILES string of the molecule is COc1cccc(F)c1C(C)(O)Cc1ccncc1Cl. The number of methoxy groups -OCH3 is 1. The largest absolute Gasteiger partial charge is 0.496 e. The van der Waals surface area contributed by atoms with Crippen LogP contribution in [0.1, 0.15) is 18.1 Å². The number of aromatic nitrogens is 1. The van der Waals surface area contributed by atoms with Crippen LogP contribution < -0.4 is 4.74 Å². The summed E-state index contributed by atoms with van der Waals surface area (Å²) in [6.07, 6.45) is 3.23. The average molecular weight is 296 g/mol. The Balaban J connectivity index is 2.43. The quantitative estimate of drug-likeness (QED) is 0.941. The molecule has 5 heteroatoms. The molecular weight excluding hydrogens is 281 g/mol. The van der Waals surface area contributed by atoms with Gasteiger partial charge < -0.3 is 9.84 Å². The fourth-order valence-electron chi connectivity index (χ4n) is 2.20. The maximum Gasteiger partial charge on any atom is 0.133 e. The Bertz CT molecular complexity index is 617. The van der Waals surface area contributed by atoms with E-state index in [4.69, 9.17) is 16.3 Å². The molecule has 0 fully saturated rings. The second-order valence-electron chi connectivity index (χ2n) is 4.73. The molecule has 0 radical (unpaired) electrons. The lowest BCUT2D eigenvalue weighted by molar-refractivity contribution is 0.0510. The van der Waals surface area contributed by atoms with E-state index in [2.05, 4.69) is 4.98 Å². The number of benzene rings is 1. The summed E-state index contributed by atoms with van der Waals surface area (Å²) in [6, 6.07) is 6.14. The van der Waals surface area contributed by atoms with E-state index in [1.165, 1.54) is 32.4 Å². The first-order chi connectivity index (χ1) is 9.45. The van der Waals surface area contributed by atoms with E-state index in [9.17, 15) is 9.50 Å². The first-order valence-electron chi connectivity index (χ1n) is 6.09. The van der Waals surface area contributed by atoms with Gasteiger partial charge in [-0.15, -0.1) is 0 Å². The Morgan fingerprint density at radius 2 is 2.15 bits per heavy atom. The van der Waals surface area contributed by atoms with Crippen molar-refractivity contribution in [3.05, 3.63) is 58.6 Å². The molecule has 0 amide bonds. The summed E-state index contributed by atoms with van der Waals surface area (Å²) in [7, 11) is 1.44. The van der Waals surface area contributed by atoms with Crippen molar-refractivity contribution in [3.8, 4) is 5.75 Å². The van der Waals surface area contributed by atoms with Gasteiger partial charge in [0.25, 0.3) is 0 Å². The fraction of sp³-hybridized carbons (Fsp3) is 0.267. The second kappa shape index (κ2) is 5.77. The van der Waals surface area contributed by atoms with Crippen LogP contribution in [0.3, 0.4) is 0 Å². The van der Waals surface area contributed by atoms with Gasteiger partial charge in [0.1, 0.15) is 11.6 Å². The van der Waals surface area contributed by atoms with Gasteiger partial charge in [0.2, 0.25) is 0 Å². The van der Waals surface area contributed by atoms with E-state index >= 15 is 0 Å². The normalized spacial score (nSPS) is 13.8. The molecule has 0 aliphatic carbocycles. The van der Waals surface area contributed by atoms with Gasteiger partial charge in [0.05, 0.1) is 23.3 Å². The molecule has 1 unspecified atom stereocenters. The monoisotopic (exact) mass is 295 g/mol. The fourth-order valence-corrected chi connectivity index (χ4v) is 2.39. The molecule has 0 saturated carbocycles. The topological polar surface area (TPSA) is 42.4 Å². The molecule has 0 bridgehead atoms. The predicted octanol–water partition coefficient (Wildman–Crippen LogP) is 3.33. The summed E-state index contributed by atoms with van der Waals surface area (Å²) in [5.41, 5.74) is -0.630. The Kier molecular flexibility index (Phi) is 4.26. The summed E-state index contributed by atoms with van der Waals surface area (Å²) >= 11 is 6.03. The number of rotatable bonds is 4. The van der Waals surface area contributed by atoms with Gasteiger partial charge in [-0.25, -0.2) is 4.39 Å². The molecule has 1 aromatic carbocycles. The minimum atomic E-state index is -1.44. The van der Waals surface area contributed by atoms with Crippen molar-refractivity contribution in [1.82, 2.24) is 4.98 Å². The molecule has 2 aromatic rings. The molecule has 0 saturated heterocycles. The molecule has 0 aliphatic rings. The number of hydrogen-bond acceptors (Lipinski definition) is 3. The van der Waals surface area contributed by atoms with Crippen LogP contribution in [0.15, 0.2) is 36.7 Å².